The largest absolute Gasteiger partial charge is 0.465 e. The molecule has 2 amide bonds. The highest BCUT2D eigenvalue weighted by Gasteiger charge is 2.35. The van der Waals surface area contributed by atoms with Crippen LogP contribution in [0.5, 0.6) is 0 Å². The lowest BCUT2D eigenvalue weighted by molar-refractivity contribution is -0.142. The molecule has 0 spiro atoms. The van der Waals surface area contributed by atoms with E-state index in [1.807, 2.05) is 24.3 Å². The topological polar surface area (TPSA) is 126 Å². The maximum atomic E-state index is 12.9. The molecule has 3 aromatic rings. The van der Waals surface area contributed by atoms with Gasteiger partial charge in [-0.2, -0.15) is 0 Å². The van der Waals surface area contributed by atoms with Crippen LogP contribution in [-0.2, 0) is 27.4 Å². The number of rotatable bonds is 10. The van der Waals surface area contributed by atoms with E-state index < -0.39 is 0 Å². The van der Waals surface area contributed by atoms with Gasteiger partial charge >= 0.3 is 5.97 Å². The number of fused-ring (bicyclic) bond motifs is 1. The van der Waals surface area contributed by atoms with Crippen LogP contribution < -0.4 is 15.5 Å². The fourth-order valence-corrected chi connectivity index (χ4v) is 4.54. The molecule has 1 saturated heterocycles. The third-order valence-corrected chi connectivity index (χ3v) is 6.53. The van der Waals surface area contributed by atoms with Gasteiger partial charge in [-0.3, -0.25) is 19.3 Å². The highest BCUT2D eigenvalue weighted by molar-refractivity contribution is 6.21. The summed E-state index contributed by atoms with van der Waals surface area (Å²) in [5.41, 5.74) is 3.83. The van der Waals surface area contributed by atoms with Gasteiger partial charge in [0.2, 0.25) is 5.95 Å². The lowest BCUT2D eigenvalue weighted by Crippen LogP contribution is -2.36. The average molecular weight is 531 g/mol. The van der Waals surface area contributed by atoms with E-state index in [-0.39, 0.29) is 44.0 Å². The van der Waals surface area contributed by atoms with Crippen LogP contribution in [0.2, 0.25) is 0 Å². The number of hydrogen-bond acceptors (Lipinski definition) is 10. The van der Waals surface area contributed by atoms with Crippen LogP contribution in [0.15, 0.2) is 54.7 Å². The Balaban J connectivity index is 1.33. The molecular weight excluding hydrogens is 500 g/mol. The molecule has 2 aromatic carbocycles. The van der Waals surface area contributed by atoms with E-state index in [1.54, 1.807) is 37.4 Å². The van der Waals surface area contributed by atoms with Crippen LogP contribution in [0.25, 0.3) is 0 Å². The van der Waals surface area contributed by atoms with Gasteiger partial charge in [-0.05, 0) is 43.3 Å². The summed E-state index contributed by atoms with van der Waals surface area (Å²) in [6.07, 6.45) is 1.60. The van der Waals surface area contributed by atoms with Gasteiger partial charge < -0.3 is 25.0 Å². The molecule has 11 heteroatoms. The van der Waals surface area contributed by atoms with Crippen molar-refractivity contribution >= 4 is 35.1 Å². The third-order valence-electron chi connectivity index (χ3n) is 6.53. The van der Waals surface area contributed by atoms with Crippen molar-refractivity contribution in [3.63, 3.8) is 0 Å². The Kier molecular flexibility index (Phi) is 8.09. The molecule has 0 unspecified atom stereocenters. The van der Waals surface area contributed by atoms with Gasteiger partial charge in [0.1, 0.15) is 0 Å². The number of imide groups is 1. The molecule has 11 nitrogen and oxygen atoms in total. The maximum Gasteiger partial charge on any atom is 0.319 e. The van der Waals surface area contributed by atoms with Gasteiger partial charge in [-0.1, -0.05) is 12.1 Å². The number of anilines is 3. The predicted molar refractivity (Wildman–Crippen MR) is 144 cm³/mol. The Morgan fingerprint density at radius 3 is 2.38 bits per heavy atom. The summed E-state index contributed by atoms with van der Waals surface area (Å²) >= 11 is 0. The minimum absolute atomic E-state index is 0.00391. The summed E-state index contributed by atoms with van der Waals surface area (Å²) in [7, 11) is 0. The van der Waals surface area contributed by atoms with Crippen LogP contribution in [0.1, 0.15) is 38.9 Å². The van der Waals surface area contributed by atoms with Crippen molar-refractivity contribution in [3.8, 4) is 0 Å². The summed E-state index contributed by atoms with van der Waals surface area (Å²) in [6, 6.07) is 14.7. The first kappa shape index (κ1) is 26.3. The highest BCUT2D eigenvalue weighted by Crippen LogP contribution is 2.26. The molecular formula is C28H30N6O5. The first-order valence-corrected chi connectivity index (χ1v) is 12.9. The summed E-state index contributed by atoms with van der Waals surface area (Å²) in [4.78, 5) is 50.2. The zero-order valence-electron chi connectivity index (χ0n) is 21.7. The molecule has 202 valence electrons. The minimum Gasteiger partial charge on any atom is -0.465 e. The molecule has 2 aliphatic heterocycles. The highest BCUT2D eigenvalue weighted by atomic mass is 16.5. The fourth-order valence-electron chi connectivity index (χ4n) is 4.54. The standard InChI is InChI=1S/C28H30N6O5/c1-2-39-25(35)17-29-16-24-19(18-34-26(36)22-5-3-4-6-23(22)27(34)37)15-30-28(32-24)31-20-7-9-21(10-8-20)33-11-13-38-14-12-33/h3-10,15,29H,2,11-14,16-18H2,1H3,(H,30,31,32). The van der Waals surface area contributed by atoms with Crippen LogP contribution in [0.3, 0.4) is 0 Å². The summed E-state index contributed by atoms with van der Waals surface area (Å²) in [5, 5.41) is 6.24. The number of morpholine rings is 1. The molecule has 2 aliphatic rings. The number of nitrogens with zero attached hydrogens (tertiary/aromatic N) is 4. The molecule has 1 aromatic heterocycles. The Morgan fingerprint density at radius 1 is 1.03 bits per heavy atom. The van der Waals surface area contributed by atoms with Crippen molar-refractivity contribution in [1.29, 1.82) is 0 Å². The Bertz CT molecular complexity index is 1320. The number of nitrogens with one attached hydrogen (secondary N) is 2. The van der Waals surface area contributed by atoms with Crippen LogP contribution in [0, 0.1) is 0 Å². The minimum atomic E-state index is -0.382. The van der Waals surface area contributed by atoms with Crippen molar-refractivity contribution in [3.05, 3.63) is 77.1 Å². The first-order chi connectivity index (χ1) is 19.0. The second kappa shape index (κ2) is 12.0. The monoisotopic (exact) mass is 530 g/mol. The van der Waals surface area contributed by atoms with E-state index in [9.17, 15) is 14.4 Å². The number of amides is 2. The van der Waals surface area contributed by atoms with Gasteiger partial charge in [-0.15, -0.1) is 0 Å². The summed E-state index contributed by atoms with van der Waals surface area (Å²) in [6.45, 7) is 5.39. The number of carbonyl (C=O) groups excluding carboxylic acids is 3. The number of hydrogen-bond donors (Lipinski definition) is 2. The quantitative estimate of drug-likeness (QED) is 0.298. The zero-order valence-corrected chi connectivity index (χ0v) is 21.7. The molecule has 1 fully saturated rings. The molecule has 0 atom stereocenters. The van der Waals surface area contributed by atoms with Gasteiger partial charge in [-0.25, -0.2) is 9.97 Å². The van der Waals surface area contributed by atoms with Gasteiger partial charge in [0.05, 0.1) is 49.7 Å². The van der Waals surface area contributed by atoms with Gasteiger partial charge in [0.15, 0.2) is 0 Å². The zero-order chi connectivity index (χ0) is 27.2. The van der Waals surface area contributed by atoms with Crippen LogP contribution in [0.4, 0.5) is 17.3 Å². The second-order valence-electron chi connectivity index (χ2n) is 9.09. The van der Waals surface area contributed by atoms with Crippen molar-refractivity contribution in [2.24, 2.45) is 0 Å². The maximum absolute atomic E-state index is 12.9. The molecule has 0 bridgehead atoms. The summed E-state index contributed by atoms with van der Waals surface area (Å²) < 4.78 is 10.4. The molecule has 0 aliphatic carbocycles. The number of aromatic nitrogens is 2. The van der Waals surface area contributed by atoms with E-state index in [2.05, 4.69) is 25.5 Å². The molecule has 0 saturated carbocycles. The first-order valence-electron chi connectivity index (χ1n) is 12.9. The van der Waals surface area contributed by atoms with Crippen LogP contribution >= 0.6 is 0 Å². The van der Waals surface area contributed by atoms with E-state index in [1.165, 1.54) is 4.90 Å². The predicted octanol–water partition coefficient (Wildman–Crippen LogP) is 2.51. The Labute approximate surface area is 226 Å². The van der Waals surface area contributed by atoms with Crippen molar-refractivity contribution < 1.29 is 23.9 Å². The number of benzene rings is 2. The summed E-state index contributed by atoms with van der Waals surface area (Å²) in [5.74, 6) is -0.743. The average Bonchev–Trinajstić information content (AvgIpc) is 3.20. The number of esters is 1. The van der Waals surface area contributed by atoms with E-state index >= 15 is 0 Å². The van der Waals surface area contributed by atoms with E-state index in [4.69, 9.17) is 9.47 Å². The van der Waals surface area contributed by atoms with Gasteiger partial charge in [0.25, 0.3) is 11.8 Å². The Morgan fingerprint density at radius 2 is 1.72 bits per heavy atom. The van der Waals surface area contributed by atoms with Gasteiger partial charge in [0, 0.05) is 42.8 Å². The molecule has 39 heavy (non-hydrogen) atoms. The van der Waals surface area contributed by atoms with Crippen molar-refractivity contribution in [2.75, 3.05) is 49.7 Å². The number of ether oxygens (including phenoxy) is 2. The second-order valence-corrected chi connectivity index (χ2v) is 9.09. The smallest absolute Gasteiger partial charge is 0.319 e. The van der Waals surface area contributed by atoms with Crippen LogP contribution in [-0.4, -0.2) is 72.1 Å². The SMILES string of the molecule is CCOC(=O)CNCc1nc(Nc2ccc(N3CCOCC3)cc2)ncc1CN1C(=O)c2ccccc2C1=O. The van der Waals surface area contributed by atoms with Crippen molar-refractivity contribution in [1.82, 2.24) is 20.2 Å². The molecule has 3 heterocycles. The third kappa shape index (κ3) is 6.05. The normalized spacial score (nSPS) is 14.9. The van der Waals surface area contributed by atoms with E-state index in [0.717, 1.165) is 24.5 Å². The van der Waals surface area contributed by atoms with E-state index in [0.29, 0.717) is 41.5 Å². The van der Waals surface area contributed by atoms with Crippen molar-refractivity contribution in [2.45, 2.75) is 20.0 Å². The lowest BCUT2D eigenvalue weighted by atomic mass is 10.1. The molecule has 0 radical (unpaired) electrons. The Hall–Kier alpha value is -4.35. The fraction of sp³-hybridized carbons (Fsp3) is 0.321. The molecule has 2 N–H and O–H groups in total. The lowest BCUT2D eigenvalue weighted by Gasteiger charge is -2.28. The molecule has 5 rings (SSSR count). The number of carbonyl (C=O) groups is 3.